The molecule has 0 bridgehead atoms. The van der Waals surface area contributed by atoms with E-state index in [0.717, 1.165) is 5.75 Å². The summed E-state index contributed by atoms with van der Waals surface area (Å²) >= 11 is 1.72. The lowest BCUT2D eigenvalue weighted by Gasteiger charge is -2.16. The van der Waals surface area contributed by atoms with Crippen LogP contribution in [-0.2, 0) is 0 Å². The molecule has 1 aromatic heterocycles. The average molecular weight is 247 g/mol. The topological polar surface area (TPSA) is 21.3 Å². The number of benzene rings is 1. The van der Waals surface area contributed by atoms with E-state index >= 15 is 0 Å². The third-order valence-corrected chi connectivity index (χ3v) is 3.39. The Labute approximate surface area is 106 Å². The maximum Gasteiger partial charge on any atom is 0.119 e. The van der Waals surface area contributed by atoms with Crippen molar-refractivity contribution >= 4 is 11.3 Å². The second-order valence-corrected chi connectivity index (χ2v) is 4.56. The van der Waals surface area contributed by atoms with Crippen LogP contribution in [-0.4, -0.2) is 13.7 Å². The SMILES string of the molecule is CCOc1ccc(C(NC)c2ccsc2)cc1. The van der Waals surface area contributed by atoms with E-state index in [1.807, 2.05) is 26.1 Å². The van der Waals surface area contributed by atoms with Gasteiger partial charge in [0, 0.05) is 0 Å². The average Bonchev–Trinajstić information content (AvgIpc) is 2.86. The minimum atomic E-state index is 0.261. The smallest absolute Gasteiger partial charge is 0.119 e. The summed E-state index contributed by atoms with van der Waals surface area (Å²) in [6, 6.07) is 10.7. The van der Waals surface area contributed by atoms with Gasteiger partial charge < -0.3 is 10.1 Å². The van der Waals surface area contributed by atoms with Crippen LogP contribution in [0.3, 0.4) is 0 Å². The van der Waals surface area contributed by atoms with Crippen LogP contribution in [0.5, 0.6) is 5.75 Å². The quantitative estimate of drug-likeness (QED) is 0.873. The van der Waals surface area contributed by atoms with E-state index in [0.29, 0.717) is 6.61 Å². The van der Waals surface area contributed by atoms with Gasteiger partial charge in [-0.25, -0.2) is 0 Å². The van der Waals surface area contributed by atoms with E-state index in [4.69, 9.17) is 4.74 Å². The first-order chi connectivity index (χ1) is 8.35. The zero-order valence-corrected chi connectivity index (χ0v) is 11.0. The fraction of sp³-hybridized carbons (Fsp3) is 0.286. The third-order valence-electron chi connectivity index (χ3n) is 2.69. The van der Waals surface area contributed by atoms with Crippen molar-refractivity contribution in [2.75, 3.05) is 13.7 Å². The van der Waals surface area contributed by atoms with Crippen molar-refractivity contribution in [1.82, 2.24) is 5.32 Å². The Morgan fingerprint density at radius 2 is 1.94 bits per heavy atom. The minimum absolute atomic E-state index is 0.261. The fourth-order valence-electron chi connectivity index (χ4n) is 1.89. The van der Waals surface area contributed by atoms with Crippen molar-refractivity contribution in [2.24, 2.45) is 0 Å². The highest BCUT2D eigenvalue weighted by molar-refractivity contribution is 7.08. The van der Waals surface area contributed by atoms with Gasteiger partial charge in [-0.1, -0.05) is 12.1 Å². The summed E-state index contributed by atoms with van der Waals surface area (Å²) in [5.41, 5.74) is 2.57. The number of hydrogen-bond acceptors (Lipinski definition) is 3. The number of ether oxygens (including phenoxy) is 1. The second kappa shape index (κ2) is 5.84. The van der Waals surface area contributed by atoms with Gasteiger partial charge in [-0.15, -0.1) is 0 Å². The molecule has 2 nitrogen and oxygen atoms in total. The largest absolute Gasteiger partial charge is 0.494 e. The molecule has 0 fully saturated rings. The maximum absolute atomic E-state index is 5.45. The molecule has 0 aliphatic carbocycles. The highest BCUT2D eigenvalue weighted by Gasteiger charge is 2.11. The Hall–Kier alpha value is -1.32. The Morgan fingerprint density at radius 1 is 1.18 bits per heavy atom. The van der Waals surface area contributed by atoms with Gasteiger partial charge in [0.25, 0.3) is 0 Å². The van der Waals surface area contributed by atoms with E-state index in [2.05, 4.69) is 34.3 Å². The van der Waals surface area contributed by atoms with Gasteiger partial charge in [0.05, 0.1) is 12.6 Å². The summed E-state index contributed by atoms with van der Waals surface area (Å²) in [6.45, 7) is 2.70. The molecular formula is C14H17NOS. The molecule has 2 aromatic rings. The molecule has 1 unspecified atom stereocenters. The molecule has 0 aliphatic heterocycles. The van der Waals surface area contributed by atoms with E-state index in [-0.39, 0.29) is 6.04 Å². The van der Waals surface area contributed by atoms with Crippen molar-refractivity contribution < 1.29 is 4.74 Å². The van der Waals surface area contributed by atoms with Crippen molar-refractivity contribution in [3.05, 3.63) is 52.2 Å². The Morgan fingerprint density at radius 3 is 2.47 bits per heavy atom. The summed E-state index contributed by atoms with van der Waals surface area (Å²) in [6.07, 6.45) is 0. The van der Waals surface area contributed by atoms with Crippen molar-refractivity contribution in [3.8, 4) is 5.75 Å². The first-order valence-corrected chi connectivity index (χ1v) is 6.71. The van der Waals surface area contributed by atoms with Gasteiger partial charge in [-0.3, -0.25) is 0 Å². The molecule has 0 aliphatic rings. The molecule has 1 heterocycles. The summed E-state index contributed by atoms with van der Waals surface area (Å²) in [5, 5.41) is 7.62. The van der Waals surface area contributed by atoms with E-state index < -0.39 is 0 Å². The van der Waals surface area contributed by atoms with Crippen LogP contribution in [0.15, 0.2) is 41.1 Å². The van der Waals surface area contributed by atoms with Crippen LogP contribution in [0.2, 0.25) is 0 Å². The molecule has 3 heteroatoms. The second-order valence-electron chi connectivity index (χ2n) is 3.78. The summed E-state index contributed by atoms with van der Waals surface area (Å²) in [5.74, 6) is 0.927. The van der Waals surface area contributed by atoms with Gasteiger partial charge in [0.15, 0.2) is 0 Å². The molecule has 1 N–H and O–H groups in total. The van der Waals surface area contributed by atoms with Crippen molar-refractivity contribution in [3.63, 3.8) is 0 Å². The van der Waals surface area contributed by atoms with E-state index in [1.165, 1.54) is 11.1 Å². The fourth-order valence-corrected chi connectivity index (χ4v) is 2.57. The van der Waals surface area contributed by atoms with Gasteiger partial charge in [-0.2, -0.15) is 11.3 Å². The molecule has 0 amide bonds. The molecule has 90 valence electrons. The Balaban J connectivity index is 2.20. The lowest BCUT2D eigenvalue weighted by Crippen LogP contribution is -2.16. The number of thiophene rings is 1. The summed E-state index contributed by atoms with van der Waals surface area (Å²) in [4.78, 5) is 0. The normalized spacial score (nSPS) is 12.4. The monoisotopic (exact) mass is 247 g/mol. The summed E-state index contributed by atoms with van der Waals surface area (Å²) < 4.78 is 5.45. The van der Waals surface area contributed by atoms with Gasteiger partial charge in [-0.05, 0) is 54.1 Å². The molecule has 0 radical (unpaired) electrons. The van der Waals surface area contributed by atoms with Crippen LogP contribution >= 0.6 is 11.3 Å². The highest BCUT2D eigenvalue weighted by atomic mass is 32.1. The first kappa shape index (κ1) is 12.1. The highest BCUT2D eigenvalue weighted by Crippen LogP contribution is 2.25. The van der Waals surface area contributed by atoms with Crippen LogP contribution in [0, 0.1) is 0 Å². The third kappa shape index (κ3) is 2.87. The lowest BCUT2D eigenvalue weighted by molar-refractivity contribution is 0.340. The molecule has 0 saturated carbocycles. The molecule has 0 saturated heterocycles. The summed E-state index contributed by atoms with van der Waals surface area (Å²) in [7, 11) is 1.98. The van der Waals surface area contributed by atoms with Crippen molar-refractivity contribution in [1.29, 1.82) is 0 Å². The first-order valence-electron chi connectivity index (χ1n) is 5.77. The van der Waals surface area contributed by atoms with Crippen LogP contribution in [0.25, 0.3) is 0 Å². The molecule has 2 rings (SSSR count). The maximum atomic E-state index is 5.45. The van der Waals surface area contributed by atoms with E-state index in [1.54, 1.807) is 11.3 Å². The van der Waals surface area contributed by atoms with E-state index in [9.17, 15) is 0 Å². The molecule has 1 atom stereocenters. The van der Waals surface area contributed by atoms with Gasteiger partial charge >= 0.3 is 0 Å². The van der Waals surface area contributed by atoms with Crippen LogP contribution in [0.1, 0.15) is 24.1 Å². The molecular weight excluding hydrogens is 230 g/mol. The standard InChI is InChI=1S/C14H17NOS/c1-3-16-13-6-4-11(5-7-13)14(15-2)12-8-9-17-10-12/h4-10,14-15H,3H2,1-2H3. The van der Waals surface area contributed by atoms with Gasteiger partial charge in [0.2, 0.25) is 0 Å². The molecule has 17 heavy (non-hydrogen) atoms. The number of nitrogens with one attached hydrogen (secondary N) is 1. The Bertz CT molecular complexity index is 436. The predicted octanol–water partition coefficient (Wildman–Crippen LogP) is 3.46. The van der Waals surface area contributed by atoms with Gasteiger partial charge in [0.1, 0.15) is 5.75 Å². The molecule has 0 spiro atoms. The van der Waals surface area contributed by atoms with Crippen LogP contribution in [0.4, 0.5) is 0 Å². The zero-order valence-electron chi connectivity index (χ0n) is 10.1. The zero-order chi connectivity index (χ0) is 12.1. The van der Waals surface area contributed by atoms with Crippen molar-refractivity contribution in [2.45, 2.75) is 13.0 Å². The Kier molecular flexibility index (Phi) is 4.18. The number of rotatable bonds is 5. The van der Waals surface area contributed by atoms with Crippen LogP contribution < -0.4 is 10.1 Å². The lowest BCUT2D eigenvalue weighted by atomic mass is 10.0. The number of hydrogen-bond donors (Lipinski definition) is 1. The predicted molar refractivity (Wildman–Crippen MR) is 72.8 cm³/mol. The minimum Gasteiger partial charge on any atom is -0.494 e. The molecule has 1 aromatic carbocycles.